The highest BCUT2D eigenvalue weighted by Gasteiger charge is 2.08. The Morgan fingerprint density at radius 3 is 2.15 bits per heavy atom. The molecule has 0 saturated carbocycles. The van der Waals surface area contributed by atoms with Crippen molar-refractivity contribution in [3.05, 3.63) is 85.2 Å². The van der Waals surface area contributed by atoms with Crippen LogP contribution in [-0.2, 0) is 4.79 Å². The Morgan fingerprint density at radius 1 is 0.962 bits per heavy atom. The largest absolute Gasteiger partial charge is 0.423 e. The minimum Gasteiger partial charge on any atom is -0.423 e. The molecule has 4 heteroatoms. The summed E-state index contributed by atoms with van der Waals surface area (Å²) in [5.41, 5.74) is 3.93. The lowest BCUT2D eigenvalue weighted by atomic mass is 9.99. The fourth-order valence-corrected chi connectivity index (χ4v) is 2.62. The second kappa shape index (κ2) is 7.66. The number of halogens is 1. The normalized spacial score (nSPS) is 10.2. The Hall–Kier alpha value is -3.40. The number of benzene rings is 3. The minimum absolute atomic E-state index is 0.290. The maximum Gasteiger partial charge on any atom is 0.335 e. The summed E-state index contributed by atoms with van der Waals surface area (Å²) in [5.74, 6) is -0.389. The third-order valence-corrected chi connectivity index (χ3v) is 4.03. The number of anilines is 1. The third-order valence-electron chi connectivity index (χ3n) is 4.03. The van der Waals surface area contributed by atoms with E-state index in [4.69, 9.17) is 4.74 Å². The molecule has 0 aliphatic carbocycles. The second-order valence-corrected chi connectivity index (χ2v) is 5.67. The third kappa shape index (κ3) is 3.81. The molecule has 3 rings (SSSR count). The van der Waals surface area contributed by atoms with Crippen LogP contribution in [-0.4, -0.2) is 13.0 Å². The van der Waals surface area contributed by atoms with Crippen molar-refractivity contribution in [2.24, 2.45) is 0 Å². The lowest BCUT2D eigenvalue weighted by Crippen LogP contribution is -2.02. The van der Waals surface area contributed by atoms with Crippen molar-refractivity contribution in [1.82, 2.24) is 0 Å². The topological polar surface area (TPSA) is 38.3 Å². The molecule has 0 atom stereocenters. The van der Waals surface area contributed by atoms with E-state index in [0.717, 1.165) is 28.5 Å². The minimum atomic E-state index is -0.516. The molecule has 0 fully saturated rings. The van der Waals surface area contributed by atoms with Gasteiger partial charge in [0.25, 0.3) is 0 Å². The van der Waals surface area contributed by atoms with Crippen molar-refractivity contribution in [2.75, 3.05) is 12.4 Å². The van der Waals surface area contributed by atoms with Gasteiger partial charge in [-0.1, -0.05) is 43.0 Å². The Balaban J connectivity index is 1.84. The first-order valence-corrected chi connectivity index (χ1v) is 8.13. The van der Waals surface area contributed by atoms with Gasteiger partial charge in [0.15, 0.2) is 0 Å². The second-order valence-electron chi connectivity index (χ2n) is 5.67. The Kier molecular flexibility index (Phi) is 5.13. The van der Waals surface area contributed by atoms with Crippen molar-refractivity contribution >= 4 is 11.7 Å². The van der Waals surface area contributed by atoms with Gasteiger partial charge in [0.1, 0.15) is 11.6 Å². The lowest BCUT2D eigenvalue weighted by molar-refractivity contribution is -0.128. The van der Waals surface area contributed by atoms with Crippen LogP contribution in [0.1, 0.15) is 0 Å². The summed E-state index contributed by atoms with van der Waals surface area (Å²) in [4.78, 5) is 11.2. The molecule has 0 aromatic heterocycles. The molecule has 3 nitrogen and oxygen atoms in total. The zero-order valence-electron chi connectivity index (χ0n) is 14.3. The summed E-state index contributed by atoms with van der Waals surface area (Å²) >= 11 is 0. The molecule has 0 aliphatic rings. The van der Waals surface area contributed by atoms with E-state index in [1.165, 1.54) is 6.07 Å². The van der Waals surface area contributed by atoms with E-state index < -0.39 is 5.97 Å². The number of carbonyl (C=O) groups is 1. The number of rotatable bonds is 5. The number of hydrogen-bond donors (Lipinski definition) is 1. The van der Waals surface area contributed by atoms with Gasteiger partial charge in [-0.15, -0.1) is 0 Å². The zero-order chi connectivity index (χ0) is 18.5. The Bertz CT molecular complexity index is 931. The zero-order valence-corrected chi connectivity index (χ0v) is 14.3. The van der Waals surface area contributed by atoms with Crippen molar-refractivity contribution in [1.29, 1.82) is 0 Å². The van der Waals surface area contributed by atoms with Crippen molar-refractivity contribution in [3.8, 4) is 28.0 Å². The highest BCUT2D eigenvalue weighted by Crippen LogP contribution is 2.29. The van der Waals surface area contributed by atoms with Gasteiger partial charge >= 0.3 is 5.97 Å². The van der Waals surface area contributed by atoms with Crippen LogP contribution in [0, 0.1) is 5.82 Å². The van der Waals surface area contributed by atoms with Crippen LogP contribution in [0.4, 0.5) is 10.1 Å². The first-order valence-electron chi connectivity index (χ1n) is 8.13. The van der Waals surface area contributed by atoms with Gasteiger partial charge in [-0.05, 0) is 47.0 Å². The molecule has 0 bridgehead atoms. The average molecular weight is 347 g/mol. The molecule has 0 unspecified atom stereocenters. The summed E-state index contributed by atoms with van der Waals surface area (Å²) in [6.45, 7) is 3.35. The summed E-state index contributed by atoms with van der Waals surface area (Å²) in [6, 6.07) is 19.6. The fourth-order valence-electron chi connectivity index (χ4n) is 2.62. The molecule has 3 aromatic carbocycles. The highest BCUT2D eigenvalue weighted by atomic mass is 19.1. The number of carbonyl (C=O) groups excluding carboxylic acids is 1. The van der Waals surface area contributed by atoms with E-state index in [9.17, 15) is 9.18 Å². The molecule has 26 heavy (non-hydrogen) atoms. The van der Waals surface area contributed by atoms with Gasteiger partial charge in [-0.2, -0.15) is 0 Å². The quantitative estimate of drug-likeness (QED) is 0.387. The molecule has 0 spiro atoms. The van der Waals surface area contributed by atoms with E-state index in [0.29, 0.717) is 11.3 Å². The van der Waals surface area contributed by atoms with Gasteiger partial charge in [0.2, 0.25) is 0 Å². The predicted molar refractivity (Wildman–Crippen MR) is 103 cm³/mol. The van der Waals surface area contributed by atoms with E-state index in [2.05, 4.69) is 11.9 Å². The molecule has 3 aromatic rings. The van der Waals surface area contributed by atoms with Gasteiger partial charge in [0, 0.05) is 24.4 Å². The van der Waals surface area contributed by atoms with Crippen molar-refractivity contribution in [2.45, 2.75) is 0 Å². The van der Waals surface area contributed by atoms with Gasteiger partial charge in [-0.25, -0.2) is 9.18 Å². The molecule has 0 heterocycles. The van der Waals surface area contributed by atoms with Crippen molar-refractivity contribution in [3.63, 3.8) is 0 Å². The maximum absolute atomic E-state index is 14.6. The Morgan fingerprint density at radius 2 is 1.58 bits per heavy atom. The summed E-state index contributed by atoms with van der Waals surface area (Å²) < 4.78 is 19.6. The van der Waals surface area contributed by atoms with Crippen molar-refractivity contribution < 1.29 is 13.9 Å². The number of hydrogen-bond acceptors (Lipinski definition) is 3. The van der Waals surface area contributed by atoms with Gasteiger partial charge in [0.05, 0.1) is 0 Å². The van der Waals surface area contributed by atoms with Crippen LogP contribution in [0.3, 0.4) is 0 Å². The molecule has 0 amide bonds. The molecule has 1 N–H and O–H groups in total. The molecular weight excluding hydrogens is 329 g/mol. The molecular formula is C22H18FNO2. The van der Waals surface area contributed by atoms with E-state index in [1.807, 2.05) is 37.4 Å². The fraction of sp³-hybridized carbons (Fsp3) is 0.0455. The number of nitrogens with one attached hydrogen (secondary N) is 1. The molecule has 0 saturated heterocycles. The van der Waals surface area contributed by atoms with Crippen LogP contribution >= 0.6 is 0 Å². The SMILES string of the molecule is C=CC(=O)Oc1ccc(-c2ccc(-c3ccc(NC)cc3)c(F)c2)cc1. The average Bonchev–Trinajstić information content (AvgIpc) is 2.68. The summed E-state index contributed by atoms with van der Waals surface area (Å²) in [7, 11) is 1.84. The monoisotopic (exact) mass is 347 g/mol. The van der Waals surface area contributed by atoms with E-state index in [1.54, 1.807) is 30.3 Å². The molecule has 0 aliphatic heterocycles. The van der Waals surface area contributed by atoms with Crippen LogP contribution in [0.2, 0.25) is 0 Å². The Labute approximate surface area is 151 Å². The highest BCUT2D eigenvalue weighted by molar-refractivity contribution is 5.83. The number of ether oxygens (including phenoxy) is 1. The van der Waals surface area contributed by atoms with E-state index in [-0.39, 0.29) is 5.82 Å². The lowest BCUT2D eigenvalue weighted by Gasteiger charge is -2.09. The van der Waals surface area contributed by atoms with Crippen LogP contribution in [0.25, 0.3) is 22.3 Å². The first-order chi connectivity index (χ1) is 12.6. The van der Waals surface area contributed by atoms with Crippen LogP contribution < -0.4 is 10.1 Å². The summed E-state index contributed by atoms with van der Waals surface area (Å²) in [5, 5.41) is 3.04. The number of esters is 1. The summed E-state index contributed by atoms with van der Waals surface area (Å²) in [6.07, 6.45) is 1.10. The van der Waals surface area contributed by atoms with Crippen LogP contribution in [0.5, 0.6) is 5.75 Å². The maximum atomic E-state index is 14.6. The molecule has 130 valence electrons. The standard InChI is InChI=1S/C22H18FNO2/c1-3-22(25)26-19-11-6-15(7-12-19)17-8-13-20(21(23)14-17)16-4-9-18(24-2)10-5-16/h3-14,24H,1H2,2H3. The predicted octanol–water partition coefficient (Wildman–Crippen LogP) is 5.29. The smallest absolute Gasteiger partial charge is 0.335 e. The van der Waals surface area contributed by atoms with Gasteiger partial charge in [-0.3, -0.25) is 0 Å². The molecule has 0 radical (unpaired) electrons. The van der Waals surface area contributed by atoms with E-state index >= 15 is 0 Å². The van der Waals surface area contributed by atoms with Gasteiger partial charge < -0.3 is 10.1 Å². The first kappa shape index (κ1) is 17.4. The van der Waals surface area contributed by atoms with Crippen LogP contribution in [0.15, 0.2) is 79.4 Å².